The Morgan fingerprint density at radius 3 is 2.80 bits per heavy atom. The molecule has 0 bridgehead atoms. The number of amides is 1. The van der Waals surface area contributed by atoms with E-state index in [2.05, 4.69) is 11.1 Å². The summed E-state index contributed by atoms with van der Waals surface area (Å²) in [5.74, 6) is 0.0758. The Balaban J connectivity index is 1.31. The normalized spacial score (nSPS) is 15.9. The van der Waals surface area contributed by atoms with Crippen molar-refractivity contribution in [3.05, 3.63) is 52.7 Å². The molecule has 0 spiro atoms. The first kappa shape index (κ1) is 16.3. The van der Waals surface area contributed by atoms with Crippen LogP contribution in [0.3, 0.4) is 0 Å². The SMILES string of the molecule is O=C(/C=C/c1cccs1)N1CCC(Oc2nc3ccccc3s2)CC1. The molecule has 1 fully saturated rings. The molecule has 4 rings (SSSR count). The summed E-state index contributed by atoms with van der Waals surface area (Å²) in [5.41, 5.74) is 0.980. The number of hydrogen-bond acceptors (Lipinski definition) is 5. The first-order valence-corrected chi connectivity index (χ1v) is 10.0. The van der Waals surface area contributed by atoms with Crippen LogP contribution in [-0.2, 0) is 4.79 Å². The molecule has 3 heterocycles. The number of thiazole rings is 1. The molecule has 1 saturated heterocycles. The smallest absolute Gasteiger partial charge is 0.274 e. The second-order valence-electron chi connectivity index (χ2n) is 5.94. The molecule has 128 valence electrons. The van der Waals surface area contributed by atoms with Crippen molar-refractivity contribution in [3.8, 4) is 5.19 Å². The Hall–Kier alpha value is -2.18. The number of nitrogens with zero attached hydrogens (tertiary/aromatic N) is 2. The fourth-order valence-corrected chi connectivity index (χ4v) is 4.38. The van der Waals surface area contributed by atoms with E-state index < -0.39 is 0 Å². The fourth-order valence-electron chi connectivity index (χ4n) is 2.88. The molecule has 0 saturated carbocycles. The van der Waals surface area contributed by atoms with E-state index in [0.717, 1.165) is 46.2 Å². The van der Waals surface area contributed by atoms with Crippen molar-refractivity contribution in [2.75, 3.05) is 13.1 Å². The highest BCUT2D eigenvalue weighted by Crippen LogP contribution is 2.29. The van der Waals surface area contributed by atoms with Crippen LogP contribution in [0.2, 0.25) is 0 Å². The maximum absolute atomic E-state index is 12.3. The van der Waals surface area contributed by atoms with Gasteiger partial charge in [0.1, 0.15) is 6.10 Å². The van der Waals surface area contributed by atoms with Gasteiger partial charge in [0.25, 0.3) is 5.19 Å². The van der Waals surface area contributed by atoms with Crippen molar-refractivity contribution in [1.29, 1.82) is 0 Å². The number of likely N-dealkylation sites (tertiary alicyclic amines) is 1. The van der Waals surface area contributed by atoms with Gasteiger partial charge in [0.05, 0.1) is 10.2 Å². The third kappa shape index (κ3) is 3.91. The summed E-state index contributed by atoms with van der Waals surface area (Å²) >= 11 is 3.21. The van der Waals surface area contributed by atoms with Crippen LogP contribution < -0.4 is 4.74 Å². The van der Waals surface area contributed by atoms with Crippen LogP contribution in [-0.4, -0.2) is 35.0 Å². The third-order valence-corrected chi connectivity index (χ3v) is 5.99. The topological polar surface area (TPSA) is 42.4 Å². The number of rotatable bonds is 4. The van der Waals surface area contributed by atoms with Gasteiger partial charge < -0.3 is 9.64 Å². The summed E-state index contributed by atoms with van der Waals surface area (Å²) in [6.07, 6.45) is 5.37. The lowest BCUT2D eigenvalue weighted by atomic mass is 10.1. The van der Waals surface area contributed by atoms with Gasteiger partial charge in [-0.1, -0.05) is 29.5 Å². The van der Waals surface area contributed by atoms with Crippen molar-refractivity contribution < 1.29 is 9.53 Å². The summed E-state index contributed by atoms with van der Waals surface area (Å²) in [5, 5.41) is 2.73. The summed E-state index contributed by atoms with van der Waals surface area (Å²) in [6.45, 7) is 1.45. The van der Waals surface area contributed by atoms with Gasteiger partial charge in [0.2, 0.25) is 5.91 Å². The minimum absolute atomic E-state index is 0.0758. The fraction of sp³-hybridized carbons (Fsp3) is 0.263. The number of carbonyl (C=O) groups excluding carboxylic acids is 1. The average Bonchev–Trinajstić information content (AvgIpc) is 3.29. The molecular weight excluding hydrogens is 352 g/mol. The van der Waals surface area contributed by atoms with Crippen molar-refractivity contribution >= 4 is 44.9 Å². The minimum atomic E-state index is 0.0758. The molecule has 0 atom stereocenters. The first-order chi connectivity index (χ1) is 12.3. The van der Waals surface area contributed by atoms with E-state index in [1.165, 1.54) is 0 Å². The van der Waals surface area contributed by atoms with Gasteiger partial charge in [0, 0.05) is 36.9 Å². The van der Waals surface area contributed by atoms with Crippen molar-refractivity contribution in [2.45, 2.75) is 18.9 Å². The lowest BCUT2D eigenvalue weighted by Gasteiger charge is -2.30. The van der Waals surface area contributed by atoms with Crippen LogP contribution in [0.15, 0.2) is 47.9 Å². The van der Waals surface area contributed by atoms with E-state index in [4.69, 9.17) is 4.74 Å². The van der Waals surface area contributed by atoms with Crippen LogP contribution in [0.25, 0.3) is 16.3 Å². The van der Waals surface area contributed by atoms with Crippen LogP contribution in [0.1, 0.15) is 17.7 Å². The number of aromatic nitrogens is 1. The zero-order chi connectivity index (χ0) is 17.1. The average molecular weight is 370 g/mol. The quantitative estimate of drug-likeness (QED) is 0.638. The Bertz CT molecular complexity index is 845. The summed E-state index contributed by atoms with van der Waals surface area (Å²) in [4.78, 5) is 19.8. The molecule has 1 amide bonds. The van der Waals surface area contributed by atoms with Crippen molar-refractivity contribution in [1.82, 2.24) is 9.88 Å². The van der Waals surface area contributed by atoms with Gasteiger partial charge >= 0.3 is 0 Å². The van der Waals surface area contributed by atoms with Gasteiger partial charge in [-0.2, -0.15) is 0 Å². The van der Waals surface area contributed by atoms with Crippen LogP contribution in [0, 0.1) is 0 Å². The molecule has 1 aliphatic heterocycles. The number of carbonyl (C=O) groups is 1. The third-order valence-electron chi connectivity index (χ3n) is 4.23. The Kier molecular flexibility index (Phi) is 4.81. The van der Waals surface area contributed by atoms with E-state index in [9.17, 15) is 4.79 Å². The molecule has 0 aliphatic carbocycles. The zero-order valence-electron chi connectivity index (χ0n) is 13.6. The Morgan fingerprint density at radius 1 is 1.20 bits per heavy atom. The number of thiophene rings is 1. The summed E-state index contributed by atoms with van der Waals surface area (Å²) in [7, 11) is 0. The number of ether oxygens (including phenoxy) is 1. The number of benzene rings is 1. The highest BCUT2D eigenvalue weighted by atomic mass is 32.1. The highest BCUT2D eigenvalue weighted by molar-refractivity contribution is 7.20. The molecule has 0 unspecified atom stereocenters. The van der Waals surface area contributed by atoms with Gasteiger partial charge in [-0.05, 0) is 29.7 Å². The standard InChI is InChI=1S/C19H18N2O2S2/c22-18(8-7-15-4-3-13-24-15)21-11-9-14(10-12-21)23-19-20-16-5-1-2-6-17(16)25-19/h1-8,13-14H,9-12H2/b8-7+. The van der Waals surface area contributed by atoms with E-state index >= 15 is 0 Å². The molecular formula is C19H18N2O2S2. The van der Waals surface area contributed by atoms with Crippen molar-refractivity contribution in [2.24, 2.45) is 0 Å². The number of piperidine rings is 1. The number of fused-ring (bicyclic) bond motifs is 1. The van der Waals surface area contributed by atoms with E-state index in [1.807, 2.05) is 46.7 Å². The Labute approximate surface area is 154 Å². The molecule has 0 N–H and O–H groups in total. The number of hydrogen-bond donors (Lipinski definition) is 0. The molecule has 3 aromatic rings. The lowest BCUT2D eigenvalue weighted by Crippen LogP contribution is -2.41. The van der Waals surface area contributed by atoms with Gasteiger partial charge in [-0.15, -0.1) is 11.3 Å². The number of para-hydroxylation sites is 1. The molecule has 0 radical (unpaired) electrons. The maximum atomic E-state index is 12.3. The monoisotopic (exact) mass is 370 g/mol. The second-order valence-corrected chi connectivity index (χ2v) is 7.91. The van der Waals surface area contributed by atoms with Gasteiger partial charge in [-0.3, -0.25) is 4.79 Å². The summed E-state index contributed by atoms with van der Waals surface area (Å²) in [6, 6.07) is 12.0. The molecule has 6 heteroatoms. The van der Waals surface area contributed by atoms with Crippen molar-refractivity contribution in [3.63, 3.8) is 0 Å². The van der Waals surface area contributed by atoms with Gasteiger partial charge in [-0.25, -0.2) is 4.98 Å². The second kappa shape index (κ2) is 7.37. The lowest BCUT2D eigenvalue weighted by molar-refractivity contribution is -0.127. The molecule has 25 heavy (non-hydrogen) atoms. The zero-order valence-corrected chi connectivity index (χ0v) is 15.3. The molecule has 2 aromatic heterocycles. The minimum Gasteiger partial charge on any atom is -0.467 e. The predicted octanol–water partition coefficient (Wildman–Crippen LogP) is 4.44. The van der Waals surface area contributed by atoms with Gasteiger partial charge in [0.15, 0.2) is 0 Å². The first-order valence-electron chi connectivity index (χ1n) is 8.31. The van der Waals surface area contributed by atoms with Crippen LogP contribution in [0.5, 0.6) is 5.19 Å². The largest absolute Gasteiger partial charge is 0.467 e. The van der Waals surface area contributed by atoms with E-state index in [1.54, 1.807) is 28.7 Å². The molecule has 1 aromatic carbocycles. The maximum Gasteiger partial charge on any atom is 0.274 e. The Morgan fingerprint density at radius 2 is 2.04 bits per heavy atom. The predicted molar refractivity (Wildman–Crippen MR) is 103 cm³/mol. The van der Waals surface area contributed by atoms with E-state index in [-0.39, 0.29) is 12.0 Å². The molecule has 1 aliphatic rings. The van der Waals surface area contributed by atoms with Crippen LogP contribution in [0.4, 0.5) is 0 Å². The summed E-state index contributed by atoms with van der Waals surface area (Å²) < 4.78 is 7.18. The highest BCUT2D eigenvalue weighted by Gasteiger charge is 2.23. The molecule has 4 nitrogen and oxygen atoms in total. The van der Waals surface area contributed by atoms with Crippen LogP contribution >= 0.6 is 22.7 Å². The van der Waals surface area contributed by atoms with E-state index in [0.29, 0.717) is 0 Å².